The third-order valence-corrected chi connectivity index (χ3v) is 3.79. The molecular weight excluding hydrogens is 250 g/mol. The van der Waals surface area contributed by atoms with Crippen molar-refractivity contribution in [2.75, 3.05) is 0 Å². The monoisotopic (exact) mass is 257 g/mol. The van der Waals surface area contributed by atoms with E-state index in [0.29, 0.717) is 5.15 Å². The molecule has 0 saturated carbocycles. The number of nitrogens with zero attached hydrogens (tertiary/aromatic N) is 3. The first kappa shape index (κ1) is 10.9. The Morgan fingerprint density at radius 1 is 1.40 bits per heavy atom. The SMILES string of the molecule is Cc1nsc(SCc2cccc(Cl)n2)n1. The van der Waals surface area contributed by atoms with Gasteiger partial charge < -0.3 is 0 Å². The molecule has 2 aromatic heterocycles. The first-order valence-corrected chi connectivity index (χ1v) is 6.42. The molecule has 0 amide bonds. The van der Waals surface area contributed by atoms with E-state index in [1.165, 1.54) is 11.5 Å². The van der Waals surface area contributed by atoms with Crippen LogP contribution in [0.3, 0.4) is 0 Å². The number of rotatable bonds is 3. The van der Waals surface area contributed by atoms with Crippen LogP contribution in [0.5, 0.6) is 0 Å². The van der Waals surface area contributed by atoms with Crippen LogP contribution >= 0.6 is 34.9 Å². The fourth-order valence-corrected chi connectivity index (χ4v) is 2.74. The third kappa shape index (κ3) is 3.15. The van der Waals surface area contributed by atoms with Crippen LogP contribution in [0.4, 0.5) is 0 Å². The second kappa shape index (κ2) is 4.92. The molecule has 0 spiro atoms. The van der Waals surface area contributed by atoms with Gasteiger partial charge in [0.25, 0.3) is 0 Å². The molecule has 15 heavy (non-hydrogen) atoms. The minimum Gasteiger partial charge on any atom is -0.240 e. The van der Waals surface area contributed by atoms with Crippen molar-refractivity contribution < 1.29 is 0 Å². The third-order valence-electron chi connectivity index (χ3n) is 1.63. The van der Waals surface area contributed by atoms with Gasteiger partial charge in [-0.25, -0.2) is 9.97 Å². The molecule has 3 nitrogen and oxygen atoms in total. The van der Waals surface area contributed by atoms with Crippen molar-refractivity contribution >= 4 is 34.9 Å². The van der Waals surface area contributed by atoms with Crippen molar-refractivity contribution in [3.8, 4) is 0 Å². The lowest BCUT2D eigenvalue weighted by Crippen LogP contribution is -1.86. The average molecular weight is 258 g/mol. The quantitative estimate of drug-likeness (QED) is 0.625. The number of hydrogen-bond donors (Lipinski definition) is 0. The number of aromatic nitrogens is 3. The van der Waals surface area contributed by atoms with E-state index >= 15 is 0 Å². The largest absolute Gasteiger partial charge is 0.240 e. The van der Waals surface area contributed by atoms with Gasteiger partial charge in [0.1, 0.15) is 11.0 Å². The summed E-state index contributed by atoms with van der Waals surface area (Å²) in [5, 5.41) is 0.529. The summed E-state index contributed by atoms with van der Waals surface area (Å²) in [6.45, 7) is 1.89. The normalized spacial score (nSPS) is 10.5. The van der Waals surface area contributed by atoms with E-state index in [2.05, 4.69) is 14.3 Å². The maximum atomic E-state index is 5.78. The molecule has 0 aliphatic carbocycles. The highest BCUT2D eigenvalue weighted by atomic mass is 35.5. The Bertz CT molecular complexity index is 458. The smallest absolute Gasteiger partial charge is 0.170 e. The fraction of sp³-hybridized carbons (Fsp3) is 0.222. The first-order valence-electron chi connectivity index (χ1n) is 4.28. The molecule has 0 bridgehead atoms. The van der Waals surface area contributed by atoms with Crippen LogP contribution in [0.25, 0.3) is 0 Å². The summed E-state index contributed by atoms with van der Waals surface area (Å²) in [5.41, 5.74) is 0.959. The second-order valence-electron chi connectivity index (χ2n) is 2.85. The van der Waals surface area contributed by atoms with E-state index in [-0.39, 0.29) is 0 Å². The van der Waals surface area contributed by atoms with Gasteiger partial charge in [0, 0.05) is 5.75 Å². The highest BCUT2D eigenvalue weighted by Gasteiger charge is 2.02. The Hall–Kier alpha value is -0.650. The molecule has 0 fully saturated rings. The van der Waals surface area contributed by atoms with Gasteiger partial charge >= 0.3 is 0 Å². The van der Waals surface area contributed by atoms with E-state index in [9.17, 15) is 0 Å². The zero-order valence-electron chi connectivity index (χ0n) is 7.98. The first-order chi connectivity index (χ1) is 7.24. The van der Waals surface area contributed by atoms with Crippen molar-refractivity contribution in [3.05, 3.63) is 34.9 Å². The summed E-state index contributed by atoms with van der Waals surface area (Å²) in [5.74, 6) is 1.59. The van der Waals surface area contributed by atoms with Gasteiger partial charge in [-0.15, -0.1) is 0 Å². The molecule has 0 aromatic carbocycles. The number of thioether (sulfide) groups is 1. The van der Waals surface area contributed by atoms with Gasteiger partial charge in [-0.3, -0.25) is 0 Å². The second-order valence-corrected chi connectivity index (χ2v) is 5.21. The zero-order valence-corrected chi connectivity index (χ0v) is 10.4. The summed E-state index contributed by atoms with van der Waals surface area (Å²) in [6, 6.07) is 5.62. The Morgan fingerprint density at radius 2 is 2.27 bits per heavy atom. The van der Waals surface area contributed by atoms with Crippen molar-refractivity contribution in [3.63, 3.8) is 0 Å². The van der Waals surface area contributed by atoms with Crippen LogP contribution in [-0.2, 0) is 5.75 Å². The number of pyridine rings is 1. The van der Waals surface area contributed by atoms with E-state index in [0.717, 1.165) is 21.6 Å². The Kier molecular flexibility index (Phi) is 3.56. The van der Waals surface area contributed by atoms with E-state index in [1.54, 1.807) is 17.8 Å². The molecule has 0 N–H and O–H groups in total. The van der Waals surface area contributed by atoms with Gasteiger partial charge in [0.15, 0.2) is 4.34 Å². The van der Waals surface area contributed by atoms with Crippen LogP contribution in [0.15, 0.2) is 22.5 Å². The number of hydrogen-bond acceptors (Lipinski definition) is 5. The van der Waals surface area contributed by atoms with Crippen molar-refractivity contribution in [2.45, 2.75) is 17.0 Å². The lowest BCUT2D eigenvalue weighted by atomic mass is 10.4. The zero-order chi connectivity index (χ0) is 10.7. The molecule has 78 valence electrons. The topological polar surface area (TPSA) is 38.7 Å². The molecule has 0 aliphatic rings. The molecule has 0 radical (unpaired) electrons. The lowest BCUT2D eigenvalue weighted by molar-refractivity contribution is 1.10. The number of aryl methyl sites for hydroxylation is 1. The van der Waals surface area contributed by atoms with Gasteiger partial charge in [-0.05, 0) is 30.6 Å². The van der Waals surface area contributed by atoms with E-state index in [1.807, 2.05) is 19.1 Å². The van der Waals surface area contributed by atoms with Gasteiger partial charge in [0.2, 0.25) is 0 Å². The predicted molar refractivity (Wildman–Crippen MR) is 63.5 cm³/mol. The molecule has 6 heteroatoms. The summed E-state index contributed by atoms with van der Waals surface area (Å²) in [6.07, 6.45) is 0. The van der Waals surface area contributed by atoms with Gasteiger partial charge in [-0.2, -0.15) is 4.37 Å². The van der Waals surface area contributed by atoms with Crippen LogP contribution < -0.4 is 0 Å². The summed E-state index contributed by atoms with van der Waals surface area (Å²) in [4.78, 5) is 8.45. The minimum atomic E-state index is 0.529. The standard InChI is InChI=1S/C9H8ClN3S2/c1-6-11-9(15-13-6)14-5-7-3-2-4-8(10)12-7/h2-4H,5H2,1H3. The van der Waals surface area contributed by atoms with Crippen LogP contribution in [0.2, 0.25) is 5.15 Å². The lowest BCUT2D eigenvalue weighted by Gasteiger charge is -1.97. The van der Waals surface area contributed by atoms with Crippen LogP contribution in [0, 0.1) is 6.92 Å². The summed E-state index contributed by atoms with van der Waals surface area (Å²) >= 11 is 8.83. The van der Waals surface area contributed by atoms with Crippen LogP contribution in [-0.4, -0.2) is 14.3 Å². The number of halogens is 1. The highest BCUT2D eigenvalue weighted by Crippen LogP contribution is 2.23. The van der Waals surface area contributed by atoms with Gasteiger partial charge in [-0.1, -0.05) is 29.4 Å². The maximum absolute atomic E-state index is 5.78. The molecule has 0 saturated heterocycles. The maximum Gasteiger partial charge on any atom is 0.170 e. The molecule has 2 heterocycles. The highest BCUT2D eigenvalue weighted by molar-refractivity contribution is 8.00. The summed E-state index contributed by atoms with van der Waals surface area (Å²) in [7, 11) is 0. The molecule has 2 aromatic rings. The van der Waals surface area contributed by atoms with E-state index in [4.69, 9.17) is 11.6 Å². The molecule has 0 aliphatic heterocycles. The van der Waals surface area contributed by atoms with Crippen molar-refractivity contribution in [1.82, 2.24) is 14.3 Å². The summed E-state index contributed by atoms with van der Waals surface area (Å²) < 4.78 is 5.08. The molecule has 0 atom stereocenters. The average Bonchev–Trinajstić information content (AvgIpc) is 2.62. The van der Waals surface area contributed by atoms with Crippen LogP contribution in [0.1, 0.15) is 11.5 Å². The Labute approximate surface area is 101 Å². The van der Waals surface area contributed by atoms with Gasteiger partial charge in [0.05, 0.1) is 5.69 Å². The van der Waals surface area contributed by atoms with Crippen molar-refractivity contribution in [2.24, 2.45) is 0 Å². The fourth-order valence-electron chi connectivity index (χ4n) is 1.00. The Morgan fingerprint density at radius 3 is 2.93 bits per heavy atom. The van der Waals surface area contributed by atoms with E-state index < -0.39 is 0 Å². The molecule has 2 rings (SSSR count). The van der Waals surface area contributed by atoms with Crippen molar-refractivity contribution in [1.29, 1.82) is 0 Å². The molecule has 0 unspecified atom stereocenters. The molecular formula is C9H8ClN3S2. The Balaban J connectivity index is 1.99. The predicted octanol–water partition coefficient (Wildman–Crippen LogP) is 3.19. The minimum absolute atomic E-state index is 0.529.